The first-order chi connectivity index (χ1) is 14.7. The molecule has 1 aliphatic carbocycles. The molecule has 31 heavy (non-hydrogen) atoms. The van der Waals surface area contributed by atoms with Crippen LogP contribution in [0.2, 0.25) is 0 Å². The maximum absolute atomic E-state index is 14.6. The Morgan fingerprint density at radius 2 is 2.13 bits per heavy atom. The summed E-state index contributed by atoms with van der Waals surface area (Å²) in [7, 11) is 0. The van der Waals surface area contributed by atoms with Crippen molar-refractivity contribution in [3.05, 3.63) is 67.4 Å². The van der Waals surface area contributed by atoms with Crippen LogP contribution >= 0.6 is 0 Å². The van der Waals surface area contributed by atoms with Crippen LogP contribution in [0.3, 0.4) is 0 Å². The van der Waals surface area contributed by atoms with Crippen LogP contribution in [0.25, 0.3) is 5.57 Å². The summed E-state index contributed by atoms with van der Waals surface area (Å²) in [6, 6.07) is 3.11. The van der Waals surface area contributed by atoms with Crippen LogP contribution in [0.1, 0.15) is 66.2 Å². The second-order valence-electron chi connectivity index (χ2n) is 9.14. The Bertz CT molecular complexity index is 1220. The topological polar surface area (TPSA) is 80.6 Å². The summed E-state index contributed by atoms with van der Waals surface area (Å²) in [5.41, 5.74) is 5.79. The van der Waals surface area contributed by atoms with E-state index in [9.17, 15) is 19.1 Å². The highest BCUT2D eigenvalue weighted by atomic mass is 19.1. The summed E-state index contributed by atoms with van der Waals surface area (Å²) < 4.78 is 21.2. The Hall–Kier alpha value is -2.93. The molecule has 0 amide bonds. The predicted octanol–water partition coefficient (Wildman–Crippen LogP) is 3.47. The highest BCUT2D eigenvalue weighted by Gasteiger charge is 2.39. The van der Waals surface area contributed by atoms with E-state index in [4.69, 9.17) is 4.74 Å². The second-order valence-corrected chi connectivity index (χ2v) is 9.14. The van der Waals surface area contributed by atoms with Gasteiger partial charge >= 0.3 is 0 Å². The number of benzene rings is 1. The highest BCUT2D eigenvalue weighted by molar-refractivity contribution is 5.87. The van der Waals surface area contributed by atoms with Crippen molar-refractivity contribution in [2.75, 3.05) is 5.32 Å². The summed E-state index contributed by atoms with van der Waals surface area (Å²) in [5, 5.41) is 14.2. The maximum atomic E-state index is 14.6. The Balaban J connectivity index is 1.73. The van der Waals surface area contributed by atoms with Crippen LogP contribution in [0.4, 0.5) is 10.1 Å². The SMILES string of the molecule is Cc1c(F)cc2c3c1CCCC3=C1Cn3c(cc(C(C)(C)O)c(COC=O)c3=O)C1N2. The normalized spacial score (nSPS) is 18.8. The molecule has 1 aromatic heterocycles. The smallest absolute Gasteiger partial charge is 0.293 e. The minimum atomic E-state index is -1.29. The number of carbonyl (C=O) groups is 1. The lowest BCUT2D eigenvalue weighted by molar-refractivity contribution is -0.129. The molecule has 1 atom stereocenters. The van der Waals surface area contributed by atoms with Crippen LogP contribution in [0.5, 0.6) is 0 Å². The lowest BCUT2D eigenvalue weighted by Crippen LogP contribution is -2.31. The van der Waals surface area contributed by atoms with E-state index in [0.29, 0.717) is 24.1 Å². The van der Waals surface area contributed by atoms with Gasteiger partial charge in [0.05, 0.1) is 17.2 Å². The van der Waals surface area contributed by atoms with Crippen LogP contribution in [0, 0.1) is 12.7 Å². The monoisotopic (exact) mass is 424 g/mol. The number of hydrogen-bond donors (Lipinski definition) is 2. The number of halogens is 1. The minimum absolute atomic E-state index is 0.194. The number of anilines is 1. The molecule has 5 rings (SSSR count). The quantitative estimate of drug-likeness (QED) is 0.735. The molecule has 7 heteroatoms. The fourth-order valence-electron chi connectivity index (χ4n) is 5.40. The third-order valence-electron chi connectivity index (χ3n) is 6.86. The zero-order valence-electron chi connectivity index (χ0n) is 17.8. The minimum Gasteiger partial charge on any atom is -0.463 e. The zero-order chi connectivity index (χ0) is 22.1. The molecular weight excluding hydrogens is 399 g/mol. The molecular formula is C24H25FN2O4. The lowest BCUT2D eigenvalue weighted by atomic mass is 9.78. The molecule has 3 heterocycles. The molecule has 162 valence electrons. The Morgan fingerprint density at radius 1 is 1.35 bits per heavy atom. The van der Waals surface area contributed by atoms with Crippen molar-refractivity contribution in [3.8, 4) is 0 Å². The maximum Gasteiger partial charge on any atom is 0.293 e. The summed E-state index contributed by atoms with van der Waals surface area (Å²) in [6.45, 7) is 5.57. The van der Waals surface area contributed by atoms with E-state index in [1.165, 1.54) is 5.57 Å². The van der Waals surface area contributed by atoms with E-state index >= 15 is 0 Å². The van der Waals surface area contributed by atoms with Gasteiger partial charge in [-0.25, -0.2) is 4.39 Å². The van der Waals surface area contributed by atoms with Crippen LogP contribution < -0.4 is 10.9 Å². The van der Waals surface area contributed by atoms with Gasteiger partial charge in [-0.2, -0.15) is 0 Å². The van der Waals surface area contributed by atoms with Crippen LogP contribution in [-0.2, 0) is 34.7 Å². The van der Waals surface area contributed by atoms with Crippen molar-refractivity contribution in [1.82, 2.24) is 4.57 Å². The third-order valence-corrected chi connectivity index (χ3v) is 6.86. The Kier molecular flexibility index (Phi) is 4.38. The largest absolute Gasteiger partial charge is 0.463 e. The van der Waals surface area contributed by atoms with Gasteiger partial charge in [0.15, 0.2) is 0 Å². The molecule has 0 spiro atoms. The van der Waals surface area contributed by atoms with Crippen molar-refractivity contribution in [2.45, 2.75) is 64.8 Å². The van der Waals surface area contributed by atoms with Crippen LogP contribution in [-0.4, -0.2) is 16.1 Å². The number of nitrogens with one attached hydrogen (secondary N) is 1. The first-order valence-electron chi connectivity index (χ1n) is 10.6. The number of hydrogen-bond acceptors (Lipinski definition) is 5. The zero-order valence-corrected chi connectivity index (χ0v) is 17.8. The molecule has 1 unspecified atom stereocenters. The fourth-order valence-corrected chi connectivity index (χ4v) is 5.40. The van der Waals surface area contributed by atoms with Crippen molar-refractivity contribution in [3.63, 3.8) is 0 Å². The van der Waals surface area contributed by atoms with Gasteiger partial charge in [0, 0.05) is 23.5 Å². The van der Waals surface area contributed by atoms with Crippen molar-refractivity contribution in [2.24, 2.45) is 0 Å². The molecule has 0 saturated carbocycles. The first-order valence-corrected chi connectivity index (χ1v) is 10.6. The number of aromatic nitrogens is 1. The highest BCUT2D eigenvalue weighted by Crippen LogP contribution is 2.50. The number of nitrogens with zero attached hydrogens (tertiary/aromatic N) is 1. The first kappa shape index (κ1) is 20.0. The number of allylic oxidation sites excluding steroid dienone is 1. The van der Waals surface area contributed by atoms with Gasteiger partial charge in [0.25, 0.3) is 12.0 Å². The summed E-state index contributed by atoms with van der Waals surface area (Å²) >= 11 is 0. The van der Waals surface area contributed by atoms with E-state index in [1.54, 1.807) is 24.5 Å². The number of aliphatic hydroxyl groups is 1. The molecule has 0 bridgehead atoms. The van der Waals surface area contributed by atoms with E-state index in [0.717, 1.165) is 47.3 Å². The number of rotatable bonds is 4. The van der Waals surface area contributed by atoms with Gasteiger partial charge in [-0.15, -0.1) is 0 Å². The third kappa shape index (κ3) is 2.86. The van der Waals surface area contributed by atoms with E-state index in [2.05, 4.69) is 5.32 Å². The Labute approximate surface area is 179 Å². The summed E-state index contributed by atoms with van der Waals surface area (Å²) in [6.07, 6.45) is 2.68. The molecule has 0 radical (unpaired) electrons. The van der Waals surface area contributed by atoms with Gasteiger partial charge in [-0.1, -0.05) is 0 Å². The van der Waals surface area contributed by atoms with Crippen molar-refractivity contribution in [1.29, 1.82) is 0 Å². The molecule has 3 aliphatic rings. The molecule has 2 aliphatic heterocycles. The van der Waals surface area contributed by atoms with E-state index < -0.39 is 5.60 Å². The fraction of sp³-hybridized carbons (Fsp3) is 0.417. The predicted molar refractivity (Wildman–Crippen MR) is 114 cm³/mol. The Morgan fingerprint density at radius 3 is 2.84 bits per heavy atom. The van der Waals surface area contributed by atoms with E-state index in [-0.39, 0.29) is 29.6 Å². The number of ether oxygens (including phenoxy) is 1. The summed E-state index contributed by atoms with van der Waals surface area (Å²) in [5.74, 6) is -0.222. The van der Waals surface area contributed by atoms with E-state index in [1.807, 2.05) is 13.0 Å². The standard InChI is InChI=1S/C24H25FN2O4/c1-12-13-5-4-6-14-15-9-27-20(22(15)26-19(21(13)14)8-18(12)25)7-17(24(2,3)30)16(23(27)29)10-31-11-28/h7-8,11,22,26,30H,4-6,9-10H2,1-3H3. The number of fused-ring (bicyclic) bond motifs is 3. The van der Waals surface area contributed by atoms with Crippen LogP contribution in [0.15, 0.2) is 22.5 Å². The second kappa shape index (κ2) is 6.79. The van der Waals surface area contributed by atoms with Crippen molar-refractivity contribution >= 4 is 17.7 Å². The molecule has 6 nitrogen and oxygen atoms in total. The molecule has 1 aromatic carbocycles. The van der Waals surface area contributed by atoms with Gasteiger partial charge in [0.1, 0.15) is 12.4 Å². The van der Waals surface area contributed by atoms with Gasteiger partial charge in [-0.3, -0.25) is 9.59 Å². The average Bonchev–Trinajstić information content (AvgIpc) is 3.09. The average molecular weight is 424 g/mol. The van der Waals surface area contributed by atoms with Crippen molar-refractivity contribution < 1.29 is 19.0 Å². The summed E-state index contributed by atoms with van der Waals surface area (Å²) in [4.78, 5) is 24.1. The van der Waals surface area contributed by atoms with Gasteiger partial charge < -0.3 is 19.7 Å². The molecule has 2 N–H and O–H groups in total. The number of carbonyl (C=O) groups excluding carboxylic acids is 1. The lowest BCUT2D eigenvalue weighted by Gasteiger charge is -2.33. The molecule has 0 saturated heterocycles. The molecule has 2 aromatic rings. The molecule has 0 fully saturated rings. The van der Waals surface area contributed by atoms with Gasteiger partial charge in [0.2, 0.25) is 0 Å². The number of pyridine rings is 1. The van der Waals surface area contributed by atoms with Gasteiger partial charge in [-0.05, 0) is 80.0 Å².